The number of rotatable bonds is 5. The Morgan fingerprint density at radius 1 is 1.17 bits per heavy atom. The molecule has 154 valence electrons. The number of ether oxygens (including phenoxy) is 2. The highest BCUT2D eigenvalue weighted by Gasteiger charge is 2.36. The van der Waals surface area contributed by atoms with Gasteiger partial charge in [-0.25, -0.2) is 4.79 Å². The minimum absolute atomic E-state index is 0.00941. The predicted molar refractivity (Wildman–Crippen MR) is 112 cm³/mol. The molecule has 0 bridgehead atoms. The third kappa shape index (κ3) is 3.17. The third-order valence-electron chi connectivity index (χ3n) is 5.18. The molecule has 3 aromatic rings. The van der Waals surface area contributed by atoms with Crippen molar-refractivity contribution < 1.29 is 24.2 Å². The number of benzene rings is 2. The summed E-state index contributed by atoms with van der Waals surface area (Å²) in [6.45, 7) is 0. The highest BCUT2D eigenvalue weighted by atomic mass is 35.5. The predicted octanol–water partition coefficient (Wildman–Crippen LogP) is 4.32. The van der Waals surface area contributed by atoms with Crippen molar-refractivity contribution in [2.45, 2.75) is 12.3 Å². The fraction of sp³-hybridized carbons (Fsp3) is 0.182. The number of carboxylic acids is 1. The minimum Gasteiger partial charge on any atom is -0.493 e. The van der Waals surface area contributed by atoms with Crippen molar-refractivity contribution >= 4 is 29.2 Å². The first-order valence-corrected chi connectivity index (χ1v) is 9.58. The van der Waals surface area contributed by atoms with Crippen LogP contribution in [0, 0.1) is 0 Å². The Bertz CT molecular complexity index is 1150. The Labute approximate surface area is 177 Å². The van der Waals surface area contributed by atoms with Gasteiger partial charge in [-0.3, -0.25) is 4.79 Å². The maximum Gasteiger partial charge on any atom is 0.339 e. The van der Waals surface area contributed by atoms with Gasteiger partial charge in [0.2, 0.25) is 5.91 Å². The van der Waals surface area contributed by atoms with E-state index in [1.54, 1.807) is 28.8 Å². The molecule has 8 heteroatoms. The van der Waals surface area contributed by atoms with E-state index < -0.39 is 11.9 Å². The Kier molecular flexibility index (Phi) is 5.13. The summed E-state index contributed by atoms with van der Waals surface area (Å²) in [6, 6.07) is 12.6. The third-order valence-corrected chi connectivity index (χ3v) is 5.50. The summed E-state index contributed by atoms with van der Waals surface area (Å²) in [5.74, 6) is -0.873. The average molecular weight is 427 g/mol. The van der Waals surface area contributed by atoms with Crippen LogP contribution in [0.5, 0.6) is 11.5 Å². The maximum atomic E-state index is 12.5. The molecule has 0 spiro atoms. The van der Waals surface area contributed by atoms with Crippen molar-refractivity contribution in [3.05, 3.63) is 70.5 Å². The maximum absolute atomic E-state index is 12.5. The summed E-state index contributed by atoms with van der Waals surface area (Å²) in [5, 5.41) is 12.9. The van der Waals surface area contributed by atoms with Crippen LogP contribution in [0.1, 0.15) is 34.0 Å². The largest absolute Gasteiger partial charge is 0.493 e. The number of carbonyl (C=O) groups excluding carboxylic acids is 1. The van der Waals surface area contributed by atoms with Crippen LogP contribution in [-0.2, 0) is 4.79 Å². The van der Waals surface area contributed by atoms with Crippen molar-refractivity contribution in [1.29, 1.82) is 0 Å². The highest BCUT2D eigenvalue weighted by molar-refractivity contribution is 6.32. The standard InChI is InChI=1S/C22H19ClN2O5/c1-29-17-9-5-6-12(21(17)30-2)13-10-18(26)24-19-14(22(27)28)11-25(20(13)19)16-8-4-3-7-15(16)23/h3-9,11,13H,10H2,1-2H3,(H,24,26)(H,27,28)/t13-/m0/s1. The van der Waals surface area contributed by atoms with Gasteiger partial charge in [-0.1, -0.05) is 35.9 Å². The lowest BCUT2D eigenvalue weighted by Gasteiger charge is -2.28. The first-order chi connectivity index (χ1) is 14.5. The summed E-state index contributed by atoms with van der Waals surface area (Å²) in [4.78, 5) is 24.5. The second-order valence-electron chi connectivity index (χ2n) is 6.82. The first kappa shape index (κ1) is 19.8. The molecule has 2 N–H and O–H groups in total. The zero-order chi connectivity index (χ0) is 21.4. The number of nitrogens with zero attached hydrogens (tertiary/aromatic N) is 1. The molecule has 0 unspecified atom stereocenters. The topological polar surface area (TPSA) is 89.8 Å². The first-order valence-electron chi connectivity index (χ1n) is 9.20. The lowest BCUT2D eigenvalue weighted by molar-refractivity contribution is -0.116. The molecule has 0 fully saturated rings. The van der Waals surface area contributed by atoms with E-state index >= 15 is 0 Å². The fourth-order valence-corrected chi connectivity index (χ4v) is 4.15. The second-order valence-corrected chi connectivity index (χ2v) is 7.22. The molecule has 4 rings (SSSR count). The van der Waals surface area contributed by atoms with Gasteiger partial charge in [-0.2, -0.15) is 0 Å². The molecule has 0 aliphatic carbocycles. The summed E-state index contributed by atoms with van der Waals surface area (Å²) >= 11 is 6.42. The van der Waals surface area contributed by atoms with Gasteiger partial charge in [0.15, 0.2) is 11.5 Å². The molecule has 1 aliphatic rings. The molecule has 1 atom stereocenters. The molecule has 1 aromatic heterocycles. The van der Waals surface area contributed by atoms with Gasteiger partial charge in [-0.15, -0.1) is 0 Å². The number of aromatic nitrogens is 1. The minimum atomic E-state index is -1.14. The van der Waals surface area contributed by atoms with Crippen molar-refractivity contribution in [1.82, 2.24) is 4.57 Å². The van der Waals surface area contributed by atoms with E-state index in [9.17, 15) is 14.7 Å². The van der Waals surface area contributed by atoms with Gasteiger partial charge in [-0.05, 0) is 18.2 Å². The summed E-state index contributed by atoms with van der Waals surface area (Å²) in [7, 11) is 3.07. The lowest BCUT2D eigenvalue weighted by atomic mass is 9.87. The number of halogens is 1. The Hall–Kier alpha value is -3.45. The van der Waals surface area contributed by atoms with Crippen LogP contribution in [0.2, 0.25) is 5.02 Å². The summed E-state index contributed by atoms with van der Waals surface area (Å²) in [5.41, 5.74) is 2.20. The zero-order valence-electron chi connectivity index (χ0n) is 16.3. The number of methoxy groups -OCH3 is 2. The van der Waals surface area contributed by atoms with Crippen LogP contribution in [-0.4, -0.2) is 35.8 Å². The van der Waals surface area contributed by atoms with Gasteiger partial charge < -0.3 is 24.5 Å². The molecule has 0 saturated heterocycles. The van der Waals surface area contributed by atoms with E-state index in [2.05, 4.69) is 5.32 Å². The molecule has 1 amide bonds. The SMILES string of the molecule is COc1cccc([C@@H]2CC(=O)Nc3c(C(=O)O)cn(-c4ccccc4Cl)c32)c1OC. The van der Waals surface area contributed by atoms with Crippen molar-refractivity contribution in [2.75, 3.05) is 19.5 Å². The number of fused-ring (bicyclic) bond motifs is 1. The molecule has 7 nitrogen and oxygen atoms in total. The summed E-state index contributed by atoms with van der Waals surface area (Å²) < 4.78 is 12.7. The number of anilines is 1. The molecule has 1 aliphatic heterocycles. The van der Waals surface area contributed by atoms with Crippen LogP contribution in [0.15, 0.2) is 48.7 Å². The van der Waals surface area contributed by atoms with Crippen LogP contribution in [0.4, 0.5) is 5.69 Å². The zero-order valence-corrected chi connectivity index (χ0v) is 17.1. The Morgan fingerprint density at radius 3 is 2.60 bits per heavy atom. The summed E-state index contributed by atoms with van der Waals surface area (Å²) in [6.07, 6.45) is 1.60. The van der Waals surface area contributed by atoms with Crippen LogP contribution in [0.25, 0.3) is 5.69 Å². The van der Waals surface area contributed by atoms with Crippen molar-refractivity contribution in [3.63, 3.8) is 0 Å². The highest BCUT2D eigenvalue weighted by Crippen LogP contribution is 2.46. The van der Waals surface area contributed by atoms with E-state index in [-0.39, 0.29) is 23.6 Å². The van der Waals surface area contributed by atoms with E-state index in [0.29, 0.717) is 27.9 Å². The average Bonchev–Trinajstić information content (AvgIpc) is 3.12. The van der Waals surface area contributed by atoms with Gasteiger partial charge >= 0.3 is 5.97 Å². The quantitative estimate of drug-likeness (QED) is 0.634. The van der Waals surface area contributed by atoms with E-state index in [0.717, 1.165) is 5.56 Å². The van der Waals surface area contributed by atoms with Gasteiger partial charge in [0, 0.05) is 24.1 Å². The van der Waals surface area contributed by atoms with E-state index in [1.165, 1.54) is 20.4 Å². The molecule has 0 saturated carbocycles. The van der Waals surface area contributed by atoms with Gasteiger partial charge in [0.25, 0.3) is 0 Å². The van der Waals surface area contributed by atoms with Crippen LogP contribution < -0.4 is 14.8 Å². The normalized spacial score (nSPS) is 15.3. The van der Waals surface area contributed by atoms with Gasteiger partial charge in [0.1, 0.15) is 5.56 Å². The van der Waals surface area contributed by atoms with Crippen LogP contribution >= 0.6 is 11.6 Å². The number of carboxylic acid groups (broad SMARTS) is 1. The number of aromatic carboxylic acids is 1. The van der Waals surface area contributed by atoms with Crippen molar-refractivity contribution in [2.24, 2.45) is 0 Å². The lowest BCUT2D eigenvalue weighted by Crippen LogP contribution is -2.26. The molecule has 30 heavy (non-hydrogen) atoms. The molecule has 0 radical (unpaired) electrons. The Morgan fingerprint density at radius 2 is 1.93 bits per heavy atom. The Balaban J connectivity index is 2.03. The van der Waals surface area contributed by atoms with Gasteiger partial charge in [0.05, 0.1) is 36.3 Å². The fourth-order valence-electron chi connectivity index (χ4n) is 3.92. The smallest absolute Gasteiger partial charge is 0.339 e. The number of hydrogen-bond donors (Lipinski definition) is 2. The molecular formula is C22H19ClN2O5. The number of hydrogen-bond acceptors (Lipinski definition) is 4. The van der Waals surface area contributed by atoms with Crippen molar-refractivity contribution in [3.8, 4) is 17.2 Å². The van der Waals surface area contributed by atoms with Crippen LogP contribution in [0.3, 0.4) is 0 Å². The van der Waals surface area contributed by atoms with E-state index in [4.69, 9.17) is 21.1 Å². The molecular weight excluding hydrogens is 408 g/mol. The molecule has 2 aromatic carbocycles. The number of nitrogens with one attached hydrogen (secondary N) is 1. The molecule has 2 heterocycles. The second kappa shape index (κ2) is 7.76. The van der Waals surface area contributed by atoms with E-state index in [1.807, 2.05) is 18.2 Å². The number of amides is 1. The number of para-hydroxylation sites is 2. The monoisotopic (exact) mass is 426 g/mol. The number of carbonyl (C=O) groups is 2.